The molecule has 0 unspecified atom stereocenters. The Morgan fingerprint density at radius 1 is 1.05 bits per heavy atom. The summed E-state index contributed by atoms with van der Waals surface area (Å²) >= 11 is 0. The molecule has 2 atom stereocenters. The lowest BCUT2D eigenvalue weighted by Crippen LogP contribution is -2.39. The third kappa shape index (κ3) is 6.13. The van der Waals surface area contributed by atoms with Crippen molar-refractivity contribution >= 4 is 42.4 Å². The van der Waals surface area contributed by atoms with Crippen molar-refractivity contribution in [3.05, 3.63) is 77.6 Å². The quantitative estimate of drug-likeness (QED) is 0.234. The zero-order valence-corrected chi connectivity index (χ0v) is 25.0. The number of sulfone groups is 1. The maximum absolute atomic E-state index is 13.2. The van der Waals surface area contributed by atoms with Crippen LogP contribution in [0.15, 0.2) is 70.1 Å². The lowest BCUT2D eigenvalue weighted by atomic mass is 10.0. The van der Waals surface area contributed by atoms with E-state index in [4.69, 9.17) is 19.6 Å². The second kappa shape index (κ2) is 11.0. The molecule has 0 spiro atoms. The SMILES string of the molecule is CN=C(N)c1c(-c2ccc(Oc3ccc(F)cc3)cc2)oc2cc3c(cc12)[C@H](C)O[C@H](CS(C)(=O)=O)CN3S(C)(=O)=O. The van der Waals surface area contributed by atoms with Crippen LogP contribution in [0.3, 0.4) is 0 Å². The predicted octanol–water partition coefficient (Wildman–Crippen LogP) is 4.64. The number of hydrogen-bond acceptors (Lipinski definition) is 8. The first-order valence-corrected chi connectivity index (χ1v) is 16.8. The maximum atomic E-state index is 13.2. The first-order chi connectivity index (χ1) is 19.7. The highest BCUT2D eigenvalue weighted by Crippen LogP contribution is 2.42. The Balaban J connectivity index is 1.61. The van der Waals surface area contributed by atoms with Crippen molar-refractivity contribution in [3.8, 4) is 22.8 Å². The molecule has 0 fully saturated rings. The number of nitrogens with two attached hydrogens (primary N) is 1. The molecule has 0 saturated carbocycles. The van der Waals surface area contributed by atoms with E-state index in [-0.39, 0.29) is 24.0 Å². The molecule has 2 heterocycles. The number of halogens is 1. The minimum atomic E-state index is -3.82. The number of sulfonamides is 1. The molecule has 1 aliphatic rings. The molecule has 1 aromatic heterocycles. The Labute approximate surface area is 243 Å². The van der Waals surface area contributed by atoms with Crippen LogP contribution in [0, 0.1) is 5.82 Å². The van der Waals surface area contributed by atoms with Crippen molar-refractivity contribution in [1.82, 2.24) is 0 Å². The topological polar surface area (TPSA) is 142 Å². The molecule has 0 radical (unpaired) electrons. The van der Waals surface area contributed by atoms with E-state index < -0.39 is 32.1 Å². The van der Waals surface area contributed by atoms with Crippen LogP contribution in [0.25, 0.3) is 22.3 Å². The normalized spacial score (nSPS) is 18.1. The fourth-order valence-corrected chi connectivity index (χ4v) is 6.82. The summed E-state index contributed by atoms with van der Waals surface area (Å²) in [6, 6.07) is 16.0. The summed E-state index contributed by atoms with van der Waals surface area (Å²) in [4.78, 5) is 4.18. The highest BCUT2D eigenvalue weighted by molar-refractivity contribution is 7.92. The Hall–Kier alpha value is -3.94. The van der Waals surface area contributed by atoms with Crippen LogP contribution in [0.5, 0.6) is 11.5 Å². The van der Waals surface area contributed by atoms with Gasteiger partial charge in [0.2, 0.25) is 10.0 Å². The molecule has 1 aliphatic heterocycles. The summed E-state index contributed by atoms with van der Waals surface area (Å²) in [5.74, 6) is 0.910. The number of hydrogen-bond donors (Lipinski definition) is 1. The van der Waals surface area contributed by atoms with E-state index in [1.807, 2.05) is 0 Å². The number of nitrogens with zero attached hydrogens (tertiary/aromatic N) is 2. The summed E-state index contributed by atoms with van der Waals surface area (Å²) in [5.41, 5.74) is 8.74. The molecule has 13 heteroatoms. The number of anilines is 1. The highest BCUT2D eigenvalue weighted by atomic mass is 32.2. The fourth-order valence-electron chi connectivity index (χ4n) is 5.00. The summed E-state index contributed by atoms with van der Waals surface area (Å²) in [5, 5.41) is 0.587. The van der Waals surface area contributed by atoms with Crippen LogP contribution in [0.2, 0.25) is 0 Å². The smallest absolute Gasteiger partial charge is 0.232 e. The third-order valence-electron chi connectivity index (χ3n) is 6.86. The molecule has 42 heavy (non-hydrogen) atoms. The van der Waals surface area contributed by atoms with Gasteiger partial charge in [-0.1, -0.05) is 0 Å². The molecule has 0 aliphatic carbocycles. The predicted molar refractivity (Wildman–Crippen MR) is 160 cm³/mol. The van der Waals surface area contributed by atoms with E-state index >= 15 is 0 Å². The Bertz CT molecular complexity index is 1890. The molecule has 3 aromatic carbocycles. The molecule has 0 amide bonds. The molecule has 0 saturated heterocycles. The van der Waals surface area contributed by atoms with Gasteiger partial charge in [0.15, 0.2) is 0 Å². The van der Waals surface area contributed by atoms with Gasteiger partial charge in [-0.05, 0) is 61.5 Å². The van der Waals surface area contributed by atoms with Crippen LogP contribution in [-0.2, 0) is 24.6 Å². The van der Waals surface area contributed by atoms with Gasteiger partial charge in [0.25, 0.3) is 0 Å². The van der Waals surface area contributed by atoms with Gasteiger partial charge >= 0.3 is 0 Å². The van der Waals surface area contributed by atoms with Crippen molar-refractivity contribution in [3.63, 3.8) is 0 Å². The van der Waals surface area contributed by atoms with Crippen LogP contribution >= 0.6 is 0 Å². The summed E-state index contributed by atoms with van der Waals surface area (Å²) in [6.07, 6.45) is 0.623. The van der Waals surface area contributed by atoms with E-state index in [2.05, 4.69) is 4.99 Å². The standard InChI is InChI=1S/C29H30FN3O7S2/c1-17-23-13-24-26(14-25(23)33(42(4,36)37)15-22(38-17)16-41(3,34)35)40-28(27(24)29(31)32-2)18-5-9-20(10-6-18)39-21-11-7-19(30)8-12-21/h5-14,17,22H,15-16H2,1-4H3,(H2,31,32)/t17-,22-/m0/s1. The van der Waals surface area contributed by atoms with E-state index in [0.717, 1.165) is 16.8 Å². The van der Waals surface area contributed by atoms with Crippen molar-refractivity contribution in [2.45, 2.75) is 19.1 Å². The summed E-state index contributed by atoms with van der Waals surface area (Å²) in [7, 11) is -5.72. The number of furan rings is 1. The van der Waals surface area contributed by atoms with Gasteiger partial charge in [-0.15, -0.1) is 0 Å². The van der Waals surface area contributed by atoms with E-state index in [1.54, 1.807) is 50.4 Å². The first-order valence-electron chi connectivity index (χ1n) is 12.9. The highest BCUT2D eigenvalue weighted by Gasteiger charge is 2.34. The molecule has 2 N–H and O–H groups in total. The monoisotopic (exact) mass is 615 g/mol. The zero-order valence-electron chi connectivity index (χ0n) is 23.4. The largest absolute Gasteiger partial charge is 0.457 e. The van der Waals surface area contributed by atoms with Crippen molar-refractivity contribution in [2.24, 2.45) is 10.7 Å². The number of rotatable bonds is 7. The molecule has 4 aromatic rings. The van der Waals surface area contributed by atoms with Gasteiger partial charge in [0.1, 0.15) is 44.3 Å². The second-order valence-corrected chi connectivity index (χ2v) is 14.3. The van der Waals surface area contributed by atoms with Crippen molar-refractivity contribution in [2.75, 3.05) is 36.2 Å². The minimum Gasteiger partial charge on any atom is -0.457 e. The third-order valence-corrected chi connectivity index (χ3v) is 8.99. The number of amidine groups is 1. The lowest BCUT2D eigenvalue weighted by molar-refractivity contribution is 0.0193. The van der Waals surface area contributed by atoms with Gasteiger partial charge in [-0.2, -0.15) is 0 Å². The Morgan fingerprint density at radius 2 is 1.67 bits per heavy atom. The average Bonchev–Trinajstić information content (AvgIpc) is 3.22. The number of aliphatic imine (C=N–C) groups is 1. The average molecular weight is 616 g/mol. The van der Waals surface area contributed by atoms with Crippen LogP contribution < -0.4 is 14.8 Å². The summed E-state index contributed by atoms with van der Waals surface area (Å²) in [6.45, 7) is 1.56. The van der Waals surface area contributed by atoms with E-state index in [0.29, 0.717) is 50.6 Å². The zero-order chi connectivity index (χ0) is 30.4. The number of fused-ring (bicyclic) bond motifs is 2. The lowest BCUT2D eigenvalue weighted by Gasteiger charge is -2.24. The molecular weight excluding hydrogens is 585 g/mol. The molecular formula is C29H30FN3O7S2. The van der Waals surface area contributed by atoms with Crippen LogP contribution in [0.1, 0.15) is 24.2 Å². The number of benzene rings is 3. The van der Waals surface area contributed by atoms with Gasteiger partial charge in [-0.25, -0.2) is 21.2 Å². The first kappa shape index (κ1) is 29.5. The molecule has 222 valence electrons. The fraction of sp³-hybridized carbons (Fsp3) is 0.276. The Kier molecular flexibility index (Phi) is 7.77. The molecule has 0 bridgehead atoms. The molecule has 10 nitrogen and oxygen atoms in total. The van der Waals surface area contributed by atoms with Gasteiger partial charge in [0.05, 0.1) is 42.0 Å². The van der Waals surface area contributed by atoms with Gasteiger partial charge in [-0.3, -0.25) is 9.30 Å². The summed E-state index contributed by atoms with van der Waals surface area (Å²) < 4.78 is 82.4. The van der Waals surface area contributed by atoms with Crippen LogP contribution in [0.4, 0.5) is 10.1 Å². The van der Waals surface area contributed by atoms with E-state index in [9.17, 15) is 21.2 Å². The van der Waals surface area contributed by atoms with Crippen molar-refractivity contribution in [1.29, 1.82) is 0 Å². The van der Waals surface area contributed by atoms with Crippen molar-refractivity contribution < 1.29 is 35.1 Å². The number of ether oxygens (including phenoxy) is 2. The van der Waals surface area contributed by atoms with Gasteiger partial charge < -0.3 is 19.6 Å². The van der Waals surface area contributed by atoms with Gasteiger partial charge in [0, 0.05) is 35.9 Å². The van der Waals surface area contributed by atoms with E-state index in [1.165, 1.54) is 24.3 Å². The molecule has 5 rings (SSSR count). The van der Waals surface area contributed by atoms with Crippen LogP contribution in [-0.4, -0.2) is 60.6 Å². The second-order valence-electron chi connectivity index (χ2n) is 10.2. The maximum Gasteiger partial charge on any atom is 0.232 e. The minimum absolute atomic E-state index is 0.177. The Morgan fingerprint density at radius 3 is 2.24 bits per heavy atom.